The summed E-state index contributed by atoms with van der Waals surface area (Å²) in [7, 11) is 1.50. The van der Waals surface area contributed by atoms with E-state index >= 15 is 0 Å². The zero-order valence-corrected chi connectivity index (χ0v) is 14.8. The first-order valence-corrected chi connectivity index (χ1v) is 8.34. The summed E-state index contributed by atoms with van der Waals surface area (Å²) in [6.45, 7) is 1.95. The SMILES string of the molecule is COCCOC(=O)C(C)N1C(=O)/C(=C/c2ccc(F)cc2)SC1=S. The maximum Gasteiger partial charge on any atom is 0.329 e. The topological polar surface area (TPSA) is 55.8 Å². The second-order valence-corrected chi connectivity index (χ2v) is 6.62. The molecule has 8 heteroatoms. The number of hydrogen-bond acceptors (Lipinski definition) is 6. The van der Waals surface area contributed by atoms with E-state index in [9.17, 15) is 14.0 Å². The Morgan fingerprint density at radius 3 is 2.67 bits per heavy atom. The zero-order chi connectivity index (χ0) is 17.7. The maximum absolute atomic E-state index is 12.9. The third kappa shape index (κ3) is 4.40. The van der Waals surface area contributed by atoms with Crippen LogP contribution >= 0.6 is 24.0 Å². The molecule has 128 valence electrons. The fourth-order valence-corrected chi connectivity index (χ4v) is 3.39. The van der Waals surface area contributed by atoms with Gasteiger partial charge in [-0.2, -0.15) is 0 Å². The quantitative estimate of drug-likeness (QED) is 0.333. The van der Waals surface area contributed by atoms with Crippen molar-refractivity contribution in [1.29, 1.82) is 0 Å². The monoisotopic (exact) mass is 369 g/mol. The number of carbonyl (C=O) groups is 2. The average Bonchev–Trinajstić information content (AvgIpc) is 2.83. The molecule has 0 N–H and O–H groups in total. The van der Waals surface area contributed by atoms with Crippen molar-refractivity contribution in [3.63, 3.8) is 0 Å². The van der Waals surface area contributed by atoms with Crippen LogP contribution in [0, 0.1) is 5.82 Å². The van der Waals surface area contributed by atoms with Gasteiger partial charge in [0.25, 0.3) is 5.91 Å². The van der Waals surface area contributed by atoms with Crippen LogP contribution in [-0.4, -0.2) is 47.5 Å². The Balaban J connectivity index is 2.10. The van der Waals surface area contributed by atoms with Crippen molar-refractivity contribution >= 4 is 46.3 Å². The van der Waals surface area contributed by atoms with E-state index in [1.54, 1.807) is 25.1 Å². The summed E-state index contributed by atoms with van der Waals surface area (Å²) in [4.78, 5) is 26.1. The van der Waals surface area contributed by atoms with Crippen LogP contribution in [0.15, 0.2) is 29.2 Å². The molecule has 2 rings (SSSR count). The van der Waals surface area contributed by atoms with Gasteiger partial charge in [-0.1, -0.05) is 36.1 Å². The second kappa shape index (κ2) is 8.36. The Bertz CT molecular complexity index is 675. The predicted octanol–water partition coefficient (Wildman–Crippen LogP) is 2.61. The van der Waals surface area contributed by atoms with E-state index in [2.05, 4.69) is 0 Å². The number of nitrogens with zero attached hydrogens (tertiary/aromatic N) is 1. The maximum atomic E-state index is 12.9. The Morgan fingerprint density at radius 2 is 2.04 bits per heavy atom. The summed E-state index contributed by atoms with van der Waals surface area (Å²) in [5, 5.41) is 0. The van der Waals surface area contributed by atoms with Gasteiger partial charge in [-0.15, -0.1) is 0 Å². The minimum absolute atomic E-state index is 0.111. The number of rotatable bonds is 6. The molecule has 1 amide bonds. The molecule has 1 atom stereocenters. The van der Waals surface area contributed by atoms with E-state index in [1.807, 2.05) is 0 Å². The summed E-state index contributed by atoms with van der Waals surface area (Å²) in [5.74, 6) is -1.27. The van der Waals surface area contributed by atoms with Crippen LogP contribution < -0.4 is 0 Å². The molecule has 0 saturated carbocycles. The van der Waals surface area contributed by atoms with Gasteiger partial charge in [0, 0.05) is 7.11 Å². The number of amides is 1. The molecule has 1 saturated heterocycles. The number of thiocarbonyl (C=S) groups is 1. The van der Waals surface area contributed by atoms with Crippen LogP contribution in [-0.2, 0) is 19.1 Å². The number of hydrogen-bond donors (Lipinski definition) is 0. The fraction of sp³-hybridized carbons (Fsp3) is 0.312. The molecule has 1 heterocycles. The first-order valence-electron chi connectivity index (χ1n) is 7.12. The van der Waals surface area contributed by atoms with Gasteiger partial charge in [0.15, 0.2) is 0 Å². The van der Waals surface area contributed by atoms with Gasteiger partial charge in [0.2, 0.25) is 0 Å². The largest absolute Gasteiger partial charge is 0.462 e. The number of halogens is 1. The molecule has 1 aliphatic heterocycles. The highest BCUT2D eigenvalue weighted by molar-refractivity contribution is 8.26. The van der Waals surface area contributed by atoms with Gasteiger partial charge < -0.3 is 9.47 Å². The number of carbonyl (C=O) groups excluding carboxylic acids is 2. The minimum Gasteiger partial charge on any atom is -0.462 e. The molecule has 1 unspecified atom stereocenters. The van der Waals surface area contributed by atoms with E-state index in [0.717, 1.165) is 11.8 Å². The van der Waals surface area contributed by atoms with Crippen molar-refractivity contribution in [3.05, 3.63) is 40.6 Å². The Kier molecular flexibility index (Phi) is 6.47. The van der Waals surface area contributed by atoms with Crippen molar-refractivity contribution in [2.75, 3.05) is 20.3 Å². The van der Waals surface area contributed by atoms with E-state index in [0.29, 0.717) is 10.5 Å². The fourth-order valence-electron chi connectivity index (χ4n) is 1.98. The molecular weight excluding hydrogens is 353 g/mol. The highest BCUT2D eigenvalue weighted by Gasteiger charge is 2.38. The van der Waals surface area contributed by atoms with E-state index in [-0.39, 0.29) is 29.3 Å². The number of ether oxygens (including phenoxy) is 2. The lowest BCUT2D eigenvalue weighted by atomic mass is 10.2. The summed E-state index contributed by atoms with van der Waals surface area (Å²) >= 11 is 6.29. The van der Waals surface area contributed by atoms with E-state index < -0.39 is 12.0 Å². The van der Waals surface area contributed by atoms with Crippen LogP contribution in [0.5, 0.6) is 0 Å². The third-order valence-corrected chi connectivity index (χ3v) is 4.58. The van der Waals surface area contributed by atoms with Crippen LogP contribution in [0.3, 0.4) is 0 Å². The lowest BCUT2D eigenvalue weighted by Gasteiger charge is -2.21. The molecule has 1 aromatic carbocycles. The van der Waals surface area contributed by atoms with E-state index in [4.69, 9.17) is 21.7 Å². The van der Waals surface area contributed by atoms with Gasteiger partial charge >= 0.3 is 5.97 Å². The molecule has 1 fully saturated rings. The van der Waals surface area contributed by atoms with Crippen LogP contribution in [0.1, 0.15) is 12.5 Å². The normalized spacial score (nSPS) is 17.5. The number of methoxy groups -OCH3 is 1. The number of benzene rings is 1. The minimum atomic E-state index is -0.825. The summed E-state index contributed by atoms with van der Waals surface area (Å²) in [6, 6.07) is 4.91. The molecule has 0 spiro atoms. The van der Waals surface area contributed by atoms with Crippen molar-refractivity contribution < 1.29 is 23.5 Å². The molecule has 0 aliphatic carbocycles. The molecule has 5 nitrogen and oxygen atoms in total. The first-order chi connectivity index (χ1) is 11.4. The van der Waals surface area contributed by atoms with Crippen LogP contribution in [0.25, 0.3) is 6.08 Å². The van der Waals surface area contributed by atoms with Crippen molar-refractivity contribution in [2.24, 2.45) is 0 Å². The summed E-state index contributed by atoms with van der Waals surface area (Å²) in [6.07, 6.45) is 1.61. The Morgan fingerprint density at radius 1 is 1.38 bits per heavy atom. The highest BCUT2D eigenvalue weighted by atomic mass is 32.2. The Labute approximate surface area is 148 Å². The van der Waals surface area contributed by atoms with E-state index in [1.165, 1.54) is 24.1 Å². The van der Waals surface area contributed by atoms with Gasteiger partial charge in [0.1, 0.15) is 22.8 Å². The van der Waals surface area contributed by atoms with Crippen LogP contribution in [0.2, 0.25) is 0 Å². The van der Waals surface area contributed by atoms with Gasteiger partial charge in [0.05, 0.1) is 11.5 Å². The highest BCUT2D eigenvalue weighted by Crippen LogP contribution is 2.34. The first kappa shape index (κ1) is 18.6. The molecule has 1 aliphatic rings. The molecule has 0 radical (unpaired) electrons. The summed E-state index contributed by atoms with van der Waals surface area (Å²) in [5.41, 5.74) is 0.673. The van der Waals surface area contributed by atoms with Crippen molar-refractivity contribution in [1.82, 2.24) is 4.90 Å². The second-order valence-electron chi connectivity index (χ2n) is 4.94. The van der Waals surface area contributed by atoms with Gasteiger partial charge in [-0.05, 0) is 30.7 Å². The molecule has 1 aromatic rings. The molecular formula is C16H16FNO4S2. The molecule has 0 aromatic heterocycles. The van der Waals surface area contributed by atoms with Gasteiger partial charge in [-0.3, -0.25) is 9.69 Å². The zero-order valence-electron chi connectivity index (χ0n) is 13.2. The molecule has 24 heavy (non-hydrogen) atoms. The predicted molar refractivity (Wildman–Crippen MR) is 93.7 cm³/mol. The standard InChI is InChI=1S/C16H16FNO4S2/c1-10(15(20)22-8-7-21-2)18-14(19)13(24-16(18)23)9-11-3-5-12(17)6-4-11/h3-6,9-10H,7-8H2,1-2H3/b13-9-. The van der Waals surface area contributed by atoms with Gasteiger partial charge in [-0.25, -0.2) is 9.18 Å². The summed E-state index contributed by atoms with van der Waals surface area (Å²) < 4.78 is 23.1. The number of thioether (sulfide) groups is 1. The van der Waals surface area contributed by atoms with Crippen molar-refractivity contribution in [2.45, 2.75) is 13.0 Å². The third-order valence-electron chi connectivity index (χ3n) is 3.25. The lowest BCUT2D eigenvalue weighted by Crippen LogP contribution is -2.42. The smallest absolute Gasteiger partial charge is 0.329 e. The molecule has 0 bridgehead atoms. The van der Waals surface area contributed by atoms with Crippen molar-refractivity contribution in [3.8, 4) is 0 Å². The Hall–Kier alpha value is -1.77. The number of esters is 1. The lowest BCUT2D eigenvalue weighted by molar-refractivity contribution is -0.151. The average molecular weight is 369 g/mol. The van der Waals surface area contributed by atoms with Crippen LogP contribution in [0.4, 0.5) is 4.39 Å².